The first-order chi connectivity index (χ1) is 11.4. The minimum absolute atomic E-state index is 0.187. The Bertz CT molecular complexity index is 722. The van der Waals surface area contributed by atoms with Gasteiger partial charge in [0.05, 0.1) is 12.6 Å². The Morgan fingerprint density at radius 3 is 2.46 bits per heavy atom. The van der Waals surface area contributed by atoms with Gasteiger partial charge < -0.3 is 9.47 Å². The summed E-state index contributed by atoms with van der Waals surface area (Å²) in [5.74, 6) is 1.38. The predicted molar refractivity (Wildman–Crippen MR) is 96.1 cm³/mol. The first-order valence-electron chi connectivity index (χ1n) is 8.28. The number of rotatable bonds is 3. The van der Waals surface area contributed by atoms with Gasteiger partial charge in [-0.1, -0.05) is 11.6 Å². The van der Waals surface area contributed by atoms with Gasteiger partial charge in [-0.05, 0) is 39.7 Å². The Morgan fingerprint density at radius 1 is 1.12 bits per heavy atom. The van der Waals surface area contributed by atoms with Crippen LogP contribution in [0.4, 0.5) is 0 Å². The zero-order valence-electron chi connectivity index (χ0n) is 14.7. The van der Waals surface area contributed by atoms with Crippen molar-refractivity contribution in [1.82, 2.24) is 14.9 Å². The van der Waals surface area contributed by atoms with E-state index >= 15 is 0 Å². The van der Waals surface area contributed by atoms with E-state index in [1.54, 1.807) is 7.11 Å². The zero-order chi connectivity index (χ0) is 17.3. The van der Waals surface area contributed by atoms with Crippen LogP contribution in [0.3, 0.4) is 0 Å². The molecule has 0 unspecified atom stereocenters. The molecule has 0 aliphatic carbocycles. The number of halogens is 1. The first-order valence-corrected chi connectivity index (χ1v) is 8.66. The minimum Gasteiger partial charge on any atom is -0.493 e. The molecule has 2 heterocycles. The van der Waals surface area contributed by atoms with Crippen molar-refractivity contribution in [3.05, 3.63) is 23.6 Å². The van der Waals surface area contributed by atoms with Gasteiger partial charge in [0.25, 0.3) is 0 Å². The molecule has 0 amide bonds. The van der Waals surface area contributed by atoms with Crippen molar-refractivity contribution in [2.75, 3.05) is 20.2 Å². The number of fused-ring (bicyclic) bond motifs is 1. The molecule has 1 aliphatic rings. The molecule has 3 rings (SSSR count). The SMILES string of the molecule is COc1cc2c(Cl)ncnc2cc1OC1CCN(C(C)(C)C)CC1. The van der Waals surface area contributed by atoms with Crippen molar-refractivity contribution >= 4 is 22.5 Å². The zero-order valence-corrected chi connectivity index (χ0v) is 15.4. The molecule has 2 aromatic rings. The summed E-state index contributed by atoms with van der Waals surface area (Å²) in [5.41, 5.74) is 0.970. The summed E-state index contributed by atoms with van der Waals surface area (Å²) in [5, 5.41) is 1.19. The highest BCUT2D eigenvalue weighted by molar-refractivity contribution is 6.34. The van der Waals surface area contributed by atoms with Crippen LogP contribution in [0, 0.1) is 0 Å². The molecule has 0 saturated carbocycles. The highest BCUT2D eigenvalue weighted by atomic mass is 35.5. The topological polar surface area (TPSA) is 47.5 Å². The third-order valence-electron chi connectivity index (χ3n) is 4.56. The van der Waals surface area contributed by atoms with Crippen LogP contribution in [0.2, 0.25) is 5.15 Å². The normalized spacial score (nSPS) is 17.2. The summed E-state index contributed by atoms with van der Waals surface area (Å²) >= 11 is 6.14. The van der Waals surface area contributed by atoms with E-state index in [1.165, 1.54) is 6.33 Å². The van der Waals surface area contributed by atoms with E-state index in [2.05, 4.69) is 35.6 Å². The number of hydrogen-bond acceptors (Lipinski definition) is 5. The van der Waals surface area contributed by atoms with Crippen molar-refractivity contribution in [2.24, 2.45) is 0 Å². The molecular formula is C18H24ClN3O2. The third kappa shape index (κ3) is 3.57. The Hall–Kier alpha value is -1.59. The van der Waals surface area contributed by atoms with E-state index in [9.17, 15) is 0 Å². The molecule has 24 heavy (non-hydrogen) atoms. The highest BCUT2D eigenvalue weighted by Gasteiger charge is 2.28. The number of aromatic nitrogens is 2. The van der Waals surface area contributed by atoms with Gasteiger partial charge in [0, 0.05) is 30.1 Å². The van der Waals surface area contributed by atoms with E-state index in [0.29, 0.717) is 16.7 Å². The van der Waals surface area contributed by atoms with Gasteiger partial charge in [-0.2, -0.15) is 0 Å². The molecule has 1 aromatic heterocycles. The summed E-state index contributed by atoms with van der Waals surface area (Å²) in [4.78, 5) is 10.8. The fourth-order valence-corrected chi connectivity index (χ4v) is 3.30. The first kappa shape index (κ1) is 17.2. The maximum Gasteiger partial charge on any atom is 0.163 e. The van der Waals surface area contributed by atoms with E-state index in [1.807, 2.05) is 12.1 Å². The van der Waals surface area contributed by atoms with E-state index in [0.717, 1.165) is 36.8 Å². The third-order valence-corrected chi connectivity index (χ3v) is 4.86. The second-order valence-corrected chi connectivity index (χ2v) is 7.52. The molecule has 1 aliphatic heterocycles. The largest absolute Gasteiger partial charge is 0.493 e. The lowest BCUT2D eigenvalue weighted by atomic mass is 9.99. The number of nitrogens with zero attached hydrogens (tertiary/aromatic N) is 3. The average Bonchev–Trinajstić information content (AvgIpc) is 2.54. The average molecular weight is 350 g/mol. The Kier molecular flexibility index (Phi) is 4.83. The molecule has 0 atom stereocenters. The van der Waals surface area contributed by atoms with Crippen molar-refractivity contribution < 1.29 is 9.47 Å². The van der Waals surface area contributed by atoms with Gasteiger partial charge >= 0.3 is 0 Å². The summed E-state index contributed by atoms with van der Waals surface area (Å²) in [6.45, 7) is 8.84. The van der Waals surface area contributed by atoms with Gasteiger partial charge in [-0.15, -0.1) is 0 Å². The number of hydrogen-bond donors (Lipinski definition) is 0. The molecule has 0 radical (unpaired) electrons. The molecule has 1 aromatic carbocycles. The fourth-order valence-electron chi connectivity index (χ4n) is 3.11. The second-order valence-electron chi connectivity index (χ2n) is 7.16. The lowest BCUT2D eigenvalue weighted by molar-refractivity contribution is 0.0481. The number of ether oxygens (including phenoxy) is 2. The van der Waals surface area contributed by atoms with Crippen LogP contribution in [0.25, 0.3) is 10.9 Å². The molecule has 0 spiro atoms. The smallest absolute Gasteiger partial charge is 0.163 e. The predicted octanol–water partition coefficient (Wildman–Crippen LogP) is 3.93. The van der Waals surface area contributed by atoms with Crippen LogP contribution in [-0.2, 0) is 0 Å². The van der Waals surface area contributed by atoms with Crippen molar-refractivity contribution in [2.45, 2.75) is 45.3 Å². The quantitative estimate of drug-likeness (QED) is 0.785. The molecule has 1 fully saturated rings. The van der Waals surface area contributed by atoms with Crippen LogP contribution in [0.15, 0.2) is 18.5 Å². The summed E-state index contributed by atoms with van der Waals surface area (Å²) in [6.07, 6.45) is 3.65. The lowest BCUT2D eigenvalue weighted by Gasteiger charge is -2.40. The number of methoxy groups -OCH3 is 1. The van der Waals surface area contributed by atoms with Gasteiger partial charge in [0.15, 0.2) is 11.5 Å². The number of piperidine rings is 1. The minimum atomic E-state index is 0.187. The summed E-state index contributed by atoms with van der Waals surface area (Å²) in [6, 6.07) is 3.73. The fraction of sp³-hybridized carbons (Fsp3) is 0.556. The summed E-state index contributed by atoms with van der Waals surface area (Å²) < 4.78 is 11.7. The van der Waals surface area contributed by atoms with Crippen LogP contribution in [-0.4, -0.2) is 46.7 Å². The number of benzene rings is 1. The molecule has 1 saturated heterocycles. The lowest BCUT2D eigenvalue weighted by Crippen LogP contribution is -2.48. The molecular weight excluding hydrogens is 326 g/mol. The maximum atomic E-state index is 6.23. The van der Waals surface area contributed by atoms with Crippen molar-refractivity contribution in [3.8, 4) is 11.5 Å². The van der Waals surface area contributed by atoms with Gasteiger partial charge in [-0.25, -0.2) is 9.97 Å². The highest BCUT2D eigenvalue weighted by Crippen LogP contribution is 2.35. The van der Waals surface area contributed by atoms with Gasteiger partial charge in [-0.3, -0.25) is 4.90 Å². The van der Waals surface area contributed by atoms with E-state index in [4.69, 9.17) is 21.1 Å². The molecule has 0 bridgehead atoms. The van der Waals surface area contributed by atoms with Crippen LogP contribution < -0.4 is 9.47 Å². The summed E-state index contributed by atoms with van der Waals surface area (Å²) in [7, 11) is 1.63. The Morgan fingerprint density at radius 2 is 1.83 bits per heavy atom. The molecule has 5 nitrogen and oxygen atoms in total. The Labute approximate surface area is 147 Å². The second kappa shape index (κ2) is 6.73. The standard InChI is InChI=1S/C18H24ClN3O2/c1-18(2,3)22-7-5-12(6-8-22)24-16-10-14-13(9-15(16)23-4)17(19)21-11-20-14/h9-12H,5-8H2,1-4H3. The Balaban J connectivity index is 1.78. The van der Waals surface area contributed by atoms with E-state index < -0.39 is 0 Å². The van der Waals surface area contributed by atoms with Crippen LogP contribution in [0.5, 0.6) is 11.5 Å². The van der Waals surface area contributed by atoms with Crippen LogP contribution >= 0.6 is 11.6 Å². The van der Waals surface area contributed by atoms with Crippen molar-refractivity contribution in [3.63, 3.8) is 0 Å². The molecule has 0 N–H and O–H groups in total. The molecule has 6 heteroatoms. The number of likely N-dealkylation sites (tertiary alicyclic amines) is 1. The maximum absolute atomic E-state index is 6.23. The van der Waals surface area contributed by atoms with Gasteiger partial charge in [0.1, 0.15) is 17.6 Å². The van der Waals surface area contributed by atoms with E-state index in [-0.39, 0.29) is 11.6 Å². The van der Waals surface area contributed by atoms with Crippen molar-refractivity contribution in [1.29, 1.82) is 0 Å². The van der Waals surface area contributed by atoms with Gasteiger partial charge in [0.2, 0.25) is 0 Å². The van der Waals surface area contributed by atoms with Crippen LogP contribution in [0.1, 0.15) is 33.6 Å². The molecule has 130 valence electrons. The monoisotopic (exact) mass is 349 g/mol.